The van der Waals surface area contributed by atoms with Gasteiger partial charge in [-0.15, -0.1) is 0 Å². The van der Waals surface area contributed by atoms with Gasteiger partial charge in [0.1, 0.15) is 23.4 Å². The minimum atomic E-state index is -1.83. The Morgan fingerprint density at radius 3 is 2.34 bits per heavy atom. The number of guanidine groups is 1. The number of aliphatic hydroxyl groups is 2. The van der Waals surface area contributed by atoms with Crippen molar-refractivity contribution in [2.45, 2.75) is 42.3 Å². The van der Waals surface area contributed by atoms with Crippen LogP contribution in [0, 0.1) is 0 Å². The minimum Gasteiger partial charge on any atom is -0.457 e. The summed E-state index contributed by atoms with van der Waals surface area (Å²) in [5.74, 6) is -1.15. The molecule has 0 aliphatic carbocycles. The SMILES string of the molecule is C=C1NC2[C@H](CO)N=C(N)N3C[C@H](OC(=O)C(c4ccccc4)c4ccccc4)[C@](C)(O)C23N1O. The number of nitrogens with zero attached hydrogens (tertiary/aromatic N) is 3. The van der Waals surface area contributed by atoms with Gasteiger partial charge in [0.05, 0.1) is 19.2 Å². The van der Waals surface area contributed by atoms with Gasteiger partial charge in [0.2, 0.25) is 0 Å². The molecular formula is C25H29N5O5. The number of benzene rings is 2. The van der Waals surface area contributed by atoms with Crippen LogP contribution in [0.1, 0.15) is 24.0 Å². The Morgan fingerprint density at radius 1 is 1.23 bits per heavy atom. The molecule has 0 radical (unpaired) electrons. The fraction of sp³-hybridized carbons (Fsp3) is 0.360. The second-order valence-electron chi connectivity index (χ2n) is 9.28. The molecule has 35 heavy (non-hydrogen) atoms. The third-order valence-electron chi connectivity index (χ3n) is 7.37. The Labute approximate surface area is 202 Å². The summed E-state index contributed by atoms with van der Waals surface area (Å²) in [5.41, 5.74) is 4.28. The predicted octanol–water partition coefficient (Wildman–Crippen LogP) is 0.317. The lowest BCUT2D eigenvalue weighted by atomic mass is 9.79. The van der Waals surface area contributed by atoms with Crippen LogP contribution < -0.4 is 11.1 Å². The van der Waals surface area contributed by atoms with E-state index in [4.69, 9.17) is 10.5 Å². The summed E-state index contributed by atoms with van der Waals surface area (Å²) in [6.07, 6.45) is -1.08. The zero-order valence-electron chi connectivity index (χ0n) is 19.3. The number of nitrogens with one attached hydrogen (secondary N) is 1. The second-order valence-corrected chi connectivity index (χ2v) is 9.28. The van der Waals surface area contributed by atoms with Gasteiger partial charge < -0.3 is 30.9 Å². The Balaban J connectivity index is 1.53. The second kappa shape index (κ2) is 8.26. The summed E-state index contributed by atoms with van der Waals surface area (Å²) in [5, 5.41) is 36.7. The topological polar surface area (TPSA) is 144 Å². The van der Waals surface area contributed by atoms with Gasteiger partial charge in [0, 0.05) is 0 Å². The molecule has 0 saturated carbocycles. The summed E-state index contributed by atoms with van der Waals surface area (Å²) in [6, 6.07) is 17.0. The normalized spacial score (nSPS) is 31.6. The van der Waals surface area contributed by atoms with E-state index in [1.54, 1.807) is 0 Å². The lowest BCUT2D eigenvalue weighted by Gasteiger charge is -2.51. The van der Waals surface area contributed by atoms with Crippen molar-refractivity contribution in [3.63, 3.8) is 0 Å². The van der Waals surface area contributed by atoms with Gasteiger partial charge in [0.15, 0.2) is 17.7 Å². The van der Waals surface area contributed by atoms with E-state index in [1.807, 2.05) is 60.7 Å². The molecule has 6 N–H and O–H groups in total. The van der Waals surface area contributed by atoms with Gasteiger partial charge in [-0.2, -0.15) is 0 Å². The van der Waals surface area contributed by atoms with E-state index in [9.17, 15) is 20.2 Å². The van der Waals surface area contributed by atoms with Gasteiger partial charge in [-0.05, 0) is 18.1 Å². The number of aliphatic imine (C=N–C) groups is 1. The van der Waals surface area contributed by atoms with Crippen LogP contribution in [-0.2, 0) is 9.53 Å². The molecular weight excluding hydrogens is 450 g/mol. The summed E-state index contributed by atoms with van der Waals surface area (Å²) in [7, 11) is 0. The van der Waals surface area contributed by atoms with E-state index in [2.05, 4.69) is 16.9 Å². The number of ether oxygens (including phenoxy) is 1. The van der Waals surface area contributed by atoms with Crippen LogP contribution in [-0.4, -0.2) is 79.9 Å². The van der Waals surface area contributed by atoms with Gasteiger partial charge in [0.25, 0.3) is 0 Å². The van der Waals surface area contributed by atoms with E-state index in [1.165, 1.54) is 11.8 Å². The van der Waals surface area contributed by atoms with Crippen molar-refractivity contribution >= 4 is 11.9 Å². The third-order valence-corrected chi connectivity index (χ3v) is 7.37. The maximum absolute atomic E-state index is 13.7. The molecule has 3 aliphatic heterocycles. The highest BCUT2D eigenvalue weighted by Gasteiger charge is 2.75. The maximum Gasteiger partial charge on any atom is 0.318 e. The van der Waals surface area contributed by atoms with Crippen molar-refractivity contribution in [2.24, 2.45) is 10.7 Å². The fourth-order valence-electron chi connectivity index (χ4n) is 5.69. The van der Waals surface area contributed by atoms with Crippen molar-refractivity contribution in [3.05, 3.63) is 84.2 Å². The van der Waals surface area contributed by atoms with Gasteiger partial charge >= 0.3 is 5.97 Å². The first-order valence-corrected chi connectivity index (χ1v) is 11.4. The first-order chi connectivity index (χ1) is 16.7. The Hall–Kier alpha value is -3.60. The monoisotopic (exact) mass is 479 g/mol. The van der Waals surface area contributed by atoms with Crippen LogP contribution in [0.2, 0.25) is 0 Å². The molecule has 1 spiro atoms. The van der Waals surface area contributed by atoms with Gasteiger partial charge in [-0.3, -0.25) is 10.0 Å². The van der Waals surface area contributed by atoms with Gasteiger partial charge in [-0.1, -0.05) is 67.2 Å². The van der Waals surface area contributed by atoms with Crippen molar-refractivity contribution < 1.29 is 25.0 Å². The molecule has 5 atom stereocenters. The highest BCUT2D eigenvalue weighted by Crippen LogP contribution is 2.51. The number of carbonyl (C=O) groups is 1. The zero-order valence-corrected chi connectivity index (χ0v) is 19.3. The first-order valence-electron chi connectivity index (χ1n) is 11.4. The predicted molar refractivity (Wildman–Crippen MR) is 127 cm³/mol. The number of carbonyl (C=O) groups excluding carboxylic acids is 1. The van der Waals surface area contributed by atoms with Crippen LogP contribution in [0.25, 0.3) is 0 Å². The number of hydrogen-bond donors (Lipinski definition) is 5. The maximum atomic E-state index is 13.7. The molecule has 2 unspecified atom stereocenters. The lowest BCUT2D eigenvalue weighted by molar-refractivity contribution is -0.242. The molecule has 3 heterocycles. The largest absolute Gasteiger partial charge is 0.457 e. The molecule has 10 heteroatoms. The number of esters is 1. The molecule has 2 aromatic carbocycles. The summed E-state index contributed by atoms with van der Waals surface area (Å²) in [6.45, 7) is 4.90. The minimum absolute atomic E-state index is 0.0114. The molecule has 2 fully saturated rings. The first kappa shape index (κ1) is 23.2. The molecule has 2 aromatic rings. The van der Waals surface area contributed by atoms with Crippen LogP contribution in [0.3, 0.4) is 0 Å². The molecule has 10 nitrogen and oxygen atoms in total. The Kier molecular flexibility index (Phi) is 5.47. The molecule has 3 aliphatic rings. The number of hydrogen-bond acceptors (Lipinski definition) is 10. The highest BCUT2D eigenvalue weighted by molar-refractivity contribution is 5.84. The number of aliphatic hydroxyl groups excluding tert-OH is 1. The zero-order chi connectivity index (χ0) is 25.0. The van der Waals surface area contributed by atoms with E-state index >= 15 is 0 Å². The van der Waals surface area contributed by atoms with E-state index in [0.29, 0.717) is 0 Å². The smallest absolute Gasteiger partial charge is 0.318 e. The summed E-state index contributed by atoms with van der Waals surface area (Å²) in [4.78, 5) is 19.5. The molecule has 5 rings (SSSR count). The molecule has 0 bridgehead atoms. The van der Waals surface area contributed by atoms with Crippen LogP contribution in [0.4, 0.5) is 0 Å². The standard InChI is InChI=1S/C25H29N5O5/c1-15-27-21-18(14-31)28-23(26)29-13-19(24(2,33)25(21,29)30(15)34)35-22(32)20(16-9-5-3-6-10-16)17-11-7-4-8-12-17/h3-12,18-21,27,31,33-34H,1,13-14H2,2H3,(H2,26,28)/t18-,19-,21?,24-,25?/m0/s1. The van der Waals surface area contributed by atoms with Crippen molar-refractivity contribution in [2.75, 3.05) is 13.2 Å². The van der Waals surface area contributed by atoms with E-state index in [0.717, 1.165) is 16.2 Å². The molecule has 184 valence electrons. The van der Waals surface area contributed by atoms with Crippen LogP contribution in [0.15, 0.2) is 78.1 Å². The summed E-state index contributed by atoms with van der Waals surface area (Å²) >= 11 is 0. The van der Waals surface area contributed by atoms with Crippen molar-refractivity contribution in [1.82, 2.24) is 15.3 Å². The fourth-order valence-corrected chi connectivity index (χ4v) is 5.69. The Bertz CT molecular complexity index is 1120. The van der Waals surface area contributed by atoms with Crippen molar-refractivity contribution in [1.29, 1.82) is 0 Å². The average Bonchev–Trinajstić information content (AvgIpc) is 3.26. The highest BCUT2D eigenvalue weighted by atomic mass is 16.6. The Morgan fingerprint density at radius 2 is 1.80 bits per heavy atom. The third kappa shape index (κ3) is 3.21. The molecule has 2 saturated heterocycles. The van der Waals surface area contributed by atoms with E-state index in [-0.39, 0.29) is 24.9 Å². The number of nitrogens with two attached hydrogens (primary N) is 1. The lowest BCUT2D eigenvalue weighted by Crippen LogP contribution is -2.76. The summed E-state index contributed by atoms with van der Waals surface area (Å²) < 4.78 is 5.99. The molecule has 0 aromatic heterocycles. The van der Waals surface area contributed by atoms with E-state index < -0.39 is 41.3 Å². The van der Waals surface area contributed by atoms with Gasteiger partial charge in [-0.25, -0.2) is 10.1 Å². The van der Waals surface area contributed by atoms with Crippen molar-refractivity contribution in [3.8, 4) is 0 Å². The number of rotatable bonds is 5. The number of hydroxylamine groups is 2. The average molecular weight is 480 g/mol. The quantitative estimate of drug-likeness (QED) is 0.383. The molecule has 0 amide bonds. The van der Waals surface area contributed by atoms with Crippen LogP contribution in [0.5, 0.6) is 0 Å². The van der Waals surface area contributed by atoms with Crippen LogP contribution >= 0.6 is 0 Å².